The van der Waals surface area contributed by atoms with Crippen LogP contribution in [-0.4, -0.2) is 33.2 Å². The smallest absolute Gasteiger partial charge is 0.241 e. The molecule has 0 fully saturated rings. The molecule has 2 heterocycles. The first-order chi connectivity index (χ1) is 12.7. The number of rotatable bonds is 6. The van der Waals surface area contributed by atoms with Crippen molar-refractivity contribution in [2.75, 3.05) is 14.2 Å². The Labute approximate surface area is 159 Å². The topological polar surface area (TPSA) is 86.8 Å². The summed E-state index contributed by atoms with van der Waals surface area (Å²) in [4.78, 5) is 4.39. The number of fused-ring (bicyclic) bond motifs is 1. The molecule has 0 atom stereocenters. The van der Waals surface area contributed by atoms with E-state index in [4.69, 9.17) is 14.2 Å². The highest BCUT2D eigenvalue weighted by Crippen LogP contribution is 2.30. The van der Waals surface area contributed by atoms with Gasteiger partial charge >= 0.3 is 0 Å². The Morgan fingerprint density at radius 3 is 2.59 bits per heavy atom. The zero-order valence-corrected chi connectivity index (χ0v) is 16.5. The zero-order valence-electron chi connectivity index (χ0n) is 15.6. The van der Waals surface area contributed by atoms with Gasteiger partial charge < -0.3 is 14.2 Å². The van der Waals surface area contributed by atoms with Crippen molar-refractivity contribution in [1.29, 1.82) is 0 Å². The monoisotopic (exact) mass is 390 g/mol. The van der Waals surface area contributed by atoms with E-state index >= 15 is 0 Å². The number of aromatic nitrogens is 1. The van der Waals surface area contributed by atoms with Crippen LogP contribution in [0.3, 0.4) is 0 Å². The Morgan fingerprint density at radius 1 is 1.15 bits per heavy atom. The average molecular weight is 390 g/mol. The molecule has 3 rings (SSSR count). The first-order valence-electron chi connectivity index (χ1n) is 8.33. The van der Waals surface area contributed by atoms with Crippen LogP contribution < -0.4 is 18.9 Å². The first-order valence-corrected chi connectivity index (χ1v) is 9.81. The Bertz CT molecular complexity index is 984. The standard InChI is InChI=1S/C19H22N2O5S/c1-19(2)8-7-14-9-13(11-20-18(14)26-19)12-21-27(22,23)15-5-6-16(24-3)17(10-15)25-4/h5-11,21H,12H2,1-4H3. The minimum Gasteiger partial charge on any atom is -0.493 e. The second-order valence-corrected chi connectivity index (χ2v) is 8.39. The second-order valence-electron chi connectivity index (χ2n) is 6.62. The van der Waals surface area contributed by atoms with Crippen LogP contribution in [-0.2, 0) is 16.6 Å². The summed E-state index contributed by atoms with van der Waals surface area (Å²) in [7, 11) is -0.770. The molecule has 144 valence electrons. The van der Waals surface area contributed by atoms with E-state index < -0.39 is 15.6 Å². The molecule has 27 heavy (non-hydrogen) atoms. The third-order valence-corrected chi connectivity index (χ3v) is 5.49. The number of methoxy groups -OCH3 is 2. The molecular formula is C19H22N2O5S. The van der Waals surface area contributed by atoms with Gasteiger partial charge in [0.25, 0.3) is 0 Å². The van der Waals surface area contributed by atoms with Crippen molar-refractivity contribution in [2.24, 2.45) is 0 Å². The van der Waals surface area contributed by atoms with E-state index in [0.29, 0.717) is 17.4 Å². The van der Waals surface area contributed by atoms with Gasteiger partial charge in [0.15, 0.2) is 11.5 Å². The van der Waals surface area contributed by atoms with Crippen LogP contribution in [0.5, 0.6) is 17.4 Å². The number of hydrogen-bond acceptors (Lipinski definition) is 6. The summed E-state index contributed by atoms with van der Waals surface area (Å²) < 4.78 is 43.8. The molecular weight excluding hydrogens is 368 g/mol. The number of benzene rings is 1. The van der Waals surface area contributed by atoms with E-state index in [0.717, 1.165) is 11.1 Å². The molecule has 1 aliphatic heterocycles. The van der Waals surface area contributed by atoms with Crippen molar-refractivity contribution < 1.29 is 22.6 Å². The van der Waals surface area contributed by atoms with Crippen LogP contribution in [0, 0.1) is 0 Å². The Kier molecular flexibility index (Phi) is 5.12. The Balaban J connectivity index is 1.76. The van der Waals surface area contributed by atoms with Gasteiger partial charge in [-0.25, -0.2) is 18.1 Å². The number of nitrogens with one attached hydrogen (secondary N) is 1. The molecule has 1 aliphatic rings. The molecule has 0 spiro atoms. The number of ether oxygens (including phenoxy) is 3. The number of hydrogen-bond donors (Lipinski definition) is 1. The van der Waals surface area contributed by atoms with Crippen molar-refractivity contribution in [3.8, 4) is 17.4 Å². The highest BCUT2D eigenvalue weighted by atomic mass is 32.2. The van der Waals surface area contributed by atoms with Crippen LogP contribution in [0.1, 0.15) is 25.0 Å². The van der Waals surface area contributed by atoms with Crippen LogP contribution >= 0.6 is 0 Å². The molecule has 1 aromatic carbocycles. The summed E-state index contributed by atoms with van der Waals surface area (Å²) in [5.74, 6) is 1.35. The fourth-order valence-corrected chi connectivity index (χ4v) is 3.67. The van der Waals surface area contributed by atoms with Crippen LogP contribution in [0.2, 0.25) is 0 Å². The van der Waals surface area contributed by atoms with Gasteiger partial charge in [-0.2, -0.15) is 0 Å². The summed E-state index contributed by atoms with van der Waals surface area (Å²) in [6.45, 7) is 3.99. The van der Waals surface area contributed by atoms with Crippen LogP contribution in [0.4, 0.5) is 0 Å². The van der Waals surface area contributed by atoms with Crippen molar-refractivity contribution in [3.05, 3.63) is 47.7 Å². The molecule has 0 bridgehead atoms. The fraction of sp³-hybridized carbons (Fsp3) is 0.316. The van der Waals surface area contributed by atoms with Gasteiger partial charge in [0.1, 0.15) is 5.60 Å². The average Bonchev–Trinajstić information content (AvgIpc) is 2.65. The quantitative estimate of drug-likeness (QED) is 0.816. The maximum absolute atomic E-state index is 12.6. The molecule has 0 saturated carbocycles. The summed E-state index contributed by atoms with van der Waals surface area (Å²) in [6, 6.07) is 6.29. The highest BCUT2D eigenvalue weighted by molar-refractivity contribution is 7.89. The van der Waals surface area contributed by atoms with Gasteiger partial charge in [0, 0.05) is 24.4 Å². The normalized spacial score (nSPS) is 15.0. The molecule has 7 nitrogen and oxygen atoms in total. The summed E-state index contributed by atoms with van der Waals surface area (Å²) >= 11 is 0. The maximum Gasteiger partial charge on any atom is 0.241 e. The highest BCUT2D eigenvalue weighted by Gasteiger charge is 2.23. The number of pyridine rings is 1. The molecule has 0 amide bonds. The van der Waals surface area contributed by atoms with E-state index in [1.54, 1.807) is 12.3 Å². The zero-order chi connectivity index (χ0) is 19.7. The van der Waals surface area contributed by atoms with Gasteiger partial charge in [-0.15, -0.1) is 0 Å². The molecule has 0 unspecified atom stereocenters. The largest absolute Gasteiger partial charge is 0.493 e. The van der Waals surface area contributed by atoms with Gasteiger partial charge in [-0.3, -0.25) is 0 Å². The van der Waals surface area contributed by atoms with Crippen molar-refractivity contribution in [1.82, 2.24) is 9.71 Å². The molecule has 1 aromatic heterocycles. The van der Waals surface area contributed by atoms with E-state index in [1.165, 1.54) is 26.4 Å². The summed E-state index contributed by atoms with van der Waals surface area (Å²) in [6.07, 6.45) is 5.47. The fourth-order valence-electron chi connectivity index (χ4n) is 2.64. The lowest BCUT2D eigenvalue weighted by molar-refractivity contribution is 0.151. The minimum atomic E-state index is -3.72. The molecule has 0 radical (unpaired) electrons. The van der Waals surface area contributed by atoms with Crippen LogP contribution in [0.15, 0.2) is 41.4 Å². The SMILES string of the molecule is COc1ccc(S(=O)(=O)NCc2cnc3c(c2)C=CC(C)(C)O3)cc1OC. The second kappa shape index (κ2) is 7.21. The van der Waals surface area contributed by atoms with Crippen molar-refractivity contribution >= 4 is 16.1 Å². The van der Waals surface area contributed by atoms with Gasteiger partial charge in [-0.05, 0) is 49.8 Å². The molecule has 2 aromatic rings. The van der Waals surface area contributed by atoms with Gasteiger partial charge in [0.2, 0.25) is 15.9 Å². The molecule has 0 aliphatic carbocycles. The van der Waals surface area contributed by atoms with Gasteiger partial charge in [0.05, 0.1) is 19.1 Å². The maximum atomic E-state index is 12.6. The summed E-state index contributed by atoms with van der Waals surface area (Å²) in [5.41, 5.74) is 1.14. The predicted octanol–water partition coefficient (Wildman–Crippen LogP) is 2.76. The van der Waals surface area contributed by atoms with E-state index in [9.17, 15) is 8.42 Å². The first kappa shape index (κ1) is 19.2. The lowest BCUT2D eigenvalue weighted by Gasteiger charge is -2.26. The molecule has 8 heteroatoms. The summed E-state index contributed by atoms with van der Waals surface area (Å²) in [5, 5.41) is 0. The predicted molar refractivity (Wildman–Crippen MR) is 102 cm³/mol. The third kappa shape index (κ3) is 4.23. The lowest BCUT2D eigenvalue weighted by atomic mass is 10.0. The van der Waals surface area contributed by atoms with Crippen molar-refractivity contribution in [2.45, 2.75) is 30.9 Å². The van der Waals surface area contributed by atoms with E-state index in [1.807, 2.05) is 32.1 Å². The Hall–Kier alpha value is -2.58. The van der Waals surface area contributed by atoms with Crippen LogP contribution in [0.25, 0.3) is 6.08 Å². The molecule has 0 saturated heterocycles. The van der Waals surface area contributed by atoms with E-state index in [-0.39, 0.29) is 11.4 Å². The Morgan fingerprint density at radius 2 is 1.89 bits per heavy atom. The lowest BCUT2D eigenvalue weighted by Crippen LogP contribution is -2.28. The number of nitrogens with zero attached hydrogens (tertiary/aromatic N) is 1. The van der Waals surface area contributed by atoms with Crippen molar-refractivity contribution in [3.63, 3.8) is 0 Å². The van der Waals surface area contributed by atoms with Gasteiger partial charge in [-0.1, -0.05) is 0 Å². The molecule has 1 N–H and O–H groups in total. The number of sulfonamides is 1. The minimum absolute atomic E-state index is 0.0936. The van der Waals surface area contributed by atoms with E-state index in [2.05, 4.69) is 9.71 Å². The third-order valence-electron chi connectivity index (χ3n) is 4.09.